The Morgan fingerprint density at radius 3 is 2.81 bits per heavy atom. The van der Waals surface area contributed by atoms with E-state index in [9.17, 15) is 0 Å². The number of hydrogen-bond donors (Lipinski definition) is 2. The van der Waals surface area contributed by atoms with Gasteiger partial charge in [-0.25, -0.2) is 0 Å². The standard InChI is InChI=1S/C12H14BrN3/c1-8-3-4-12(11(13)5-8)14-6-10-7-15-16-9(10)2/h3-5,7,14H,6H2,1-2H3,(H,15,16). The number of aromatic amines is 1. The summed E-state index contributed by atoms with van der Waals surface area (Å²) in [7, 11) is 0. The van der Waals surface area contributed by atoms with E-state index in [-0.39, 0.29) is 0 Å². The topological polar surface area (TPSA) is 40.7 Å². The molecule has 0 fully saturated rings. The van der Waals surface area contributed by atoms with Crippen LogP contribution in [0.1, 0.15) is 16.8 Å². The van der Waals surface area contributed by atoms with Gasteiger partial charge in [0.25, 0.3) is 0 Å². The first-order chi connectivity index (χ1) is 7.66. The van der Waals surface area contributed by atoms with E-state index in [2.05, 4.69) is 56.6 Å². The van der Waals surface area contributed by atoms with Crippen molar-refractivity contribution in [1.82, 2.24) is 10.2 Å². The molecule has 0 aliphatic rings. The maximum atomic E-state index is 3.99. The maximum absolute atomic E-state index is 3.99. The molecule has 0 saturated heterocycles. The van der Waals surface area contributed by atoms with Crippen molar-refractivity contribution in [3.05, 3.63) is 45.7 Å². The number of rotatable bonds is 3. The molecule has 0 aliphatic heterocycles. The Balaban J connectivity index is 2.08. The molecule has 2 aromatic rings. The number of nitrogens with zero attached hydrogens (tertiary/aromatic N) is 1. The summed E-state index contributed by atoms with van der Waals surface area (Å²) in [5.41, 5.74) is 4.64. The van der Waals surface area contributed by atoms with Gasteiger partial charge < -0.3 is 5.32 Å². The van der Waals surface area contributed by atoms with E-state index < -0.39 is 0 Å². The van der Waals surface area contributed by atoms with Gasteiger partial charge in [0.15, 0.2) is 0 Å². The Bertz CT molecular complexity index is 491. The third-order valence-corrected chi connectivity index (χ3v) is 3.18. The van der Waals surface area contributed by atoms with Crippen LogP contribution in [0.4, 0.5) is 5.69 Å². The van der Waals surface area contributed by atoms with Crippen LogP contribution in [0.5, 0.6) is 0 Å². The molecule has 1 heterocycles. The van der Waals surface area contributed by atoms with Crippen LogP contribution in [0.15, 0.2) is 28.9 Å². The first kappa shape index (κ1) is 11.2. The summed E-state index contributed by atoms with van der Waals surface area (Å²) in [6.45, 7) is 4.88. The van der Waals surface area contributed by atoms with Crippen LogP contribution in [0.25, 0.3) is 0 Å². The lowest BCUT2D eigenvalue weighted by Crippen LogP contribution is -2.00. The van der Waals surface area contributed by atoms with E-state index in [1.54, 1.807) is 0 Å². The SMILES string of the molecule is Cc1ccc(NCc2cn[nH]c2C)c(Br)c1. The van der Waals surface area contributed by atoms with Crippen LogP contribution >= 0.6 is 15.9 Å². The van der Waals surface area contributed by atoms with Crippen LogP contribution < -0.4 is 5.32 Å². The van der Waals surface area contributed by atoms with Crippen molar-refractivity contribution in [1.29, 1.82) is 0 Å². The lowest BCUT2D eigenvalue weighted by atomic mass is 10.2. The minimum atomic E-state index is 0.782. The summed E-state index contributed by atoms with van der Waals surface area (Å²) < 4.78 is 1.09. The molecule has 0 spiro atoms. The lowest BCUT2D eigenvalue weighted by Gasteiger charge is -2.08. The van der Waals surface area contributed by atoms with Gasteiger partial charge in [0.05, 0.1) is 6.20 Å². The van der Waals surface area contributed by atoms with Gasteiger partial charge in [-0.15, -0.1) is 0 Å². The molecule has 0 atom stereocenters. The molecule has 0 amide bonds. The van der Waals surface area contributed by atoms with Gasteiger partial charge >= 0.3 is 0 Å². The third kappa shape index (κ3) is 2.44. The van der Waals surface area contributed by atoms with Gasteiger partial charge in [-0.05, 0) is 47.5 Å². The van der Waals surface area contributed by atoms with E-state index in [1.165, 1.54) is 11.1 Å². The third-order valence-electron chi connectivity index (χ3n) is 2.53. The molecule has 4 heteroatoms. The molecule has 0 bridgehead atoms. The largest absolute Gasteiger partial charge is 0.380 e. The molecule has 0 saturated carbocycles. The van der Waals surface area contributed by atoms with Gasteiger partial charge in [0.2, 0.25) is 0 Å². The Morgan fingerprint density at radius 1 is 1.38 bits per heavy atom. The smallest absolute Gasteiger partial charge is 0.0539 e. The van der Waals surface area contributed by atoms with Crippen molar-refractivity contribution >= 4 is 21.6 Å². The zero-order chi connectivity index (χ0) is 11.5. The molecule has 2 N–H and O–H groups in total. The second kappa shape index (κ2) is 4.70. The highest BCUT2D eigenvalue weighted by Crippen LogP contribution is 2.23. The number of halogens is 1. The zero-order valence-electron chi connectivity index (χ0n) is 9.34. The summed E-state index contributed by atoms with van der Waals surface area (Å²) >= 11 is 3.54. The maximum Gasteiger partial charge on any atom is 0.0539 e. The van der Waals surface area contributed by atoms with E-state index >= 15 is 0 Å². The number of aromatic nitrogens is 2. The second-order valence-corrected chi connectivity index (χ2v) is 4.71. The van der Waals surface area contributed by atoms with Crippen molar-refractivity contribution < 1.29 is 0 Å². The average Bonchev–Trinajstić information content (AvgIpc) is 2.63. The number of aryl methyl sites for hydroxylation is 2. The van der Waals surface area contributed by atoms with Crippen molar-refractivity contribution in [2.75, 3.05) is 5.32 Å². The zero-order valence-corrected chi connectivity index (χ0v) is 10.9. The monoisotopic (exact) mass is 279 g/mol. The normalized spacial score (nSPS) is 10.4. The van der Waals surface area contributed by atoms with Crippen molar-refractivity contribution in [3.63, 3.8) is 0 Å². The highest BCUT2D eigenvalue weighted by molar-refractivity contribution is 9.10. The molecule has 84 valence electrons. The molecule has 2 rings (SSSR count). The average molecular weight is 280 g/mol. The summed E-state index contributed by atoms with van der Waals surface area (Å²) in [4.78, 5) is 0. The van der Waals surface area contributed by atoms with E-state index in [0.717, 1.165) is 22.4 Å². The van der Waals surface area contributed by atoms with Crippen molar-refractivity contribution in [2.45, 2.75) is 20.4 Å². The van der Waals surface area contributed by atoms with Crippen LogP contribution in [-0.2, 0) is 6.54 Å². The van der Waals surface area contributed by atoms with Crippen LogP contribution in [0.3, 0.4) is 0 Å². The first-order valence-electron chi connectivity index (χ1n) is 5.15. The summed E-state index contributed by atoms with van der Waals surface area (Å²) in [6.07, 6.45) is 1.85. The first-order valence-corrected chi connectivity index (χ1v) is 5.95. The highest BCUT2D eigenvalue weighted by Gasteiger charge is 2.02. The number of H-pyrrole nitrogens is 1. The van der Waals surface area contributed by atoms with Crippen molar-refractivity contribution in [2.24, 2.45) is 0 Å². The number of nitrogens with one attached hydrogen (secondary N) is 2. The van der Waals surface area contributed by atoms with E-state index in [0.29, 0.717) is 0 Å². The Hall–Kier alpha value is -1.29. The van der Waals surface area contributed by atoms with E-state index in [4.69, 9.17) is 0 Å². The number of hydrogen-bond acceptors (Lipinski definition) is 2. The minimum Gasteiger partial charge on any atom is -0.380 e. The molecular formula is C12H14BrN3. The van der Waals surface area contributed by atoms with Crippen LogP contribution in [0.2, 0.25) is 0 Å². The van der Waals surface area contributed by atoms with Gasteiger partial charge in [0, 0.05) is 28.0 Å². The Kier molecular flexibility index (Phi) is 3.29. The molecule has 3 nitrogen and oxygen atoms in total. The van der Waals surface area contributed by atoms with Crippen molar-refractivity contribution in [3.8, 4) is 0 Å². The van der Waals surface area contributed by atoms with Gasteiger partial charge in [0.1, 0.15) is 0 Å². The van der Waals surface area contributed by atoms with Crippen LogP contribution in [0, 0.1) is 13.8 Å². The number of anilines is 1. The molecule has 1 aromatic heterocycles. The molecule has 0 radical (unpaired) electrons. The van der Waals surface area contributed by atoms with E-state index in [1.807, 2.05) is 13.1 Å². The quantitative estimate of drug-likeness (QED) is 0.904. The molecule has 0 unspecified atom stereocenters. The lowest BCUT2D eigenvalue weighted by molar-refractivity contribution is 1.04. The predicted molar refractivity (Wildman–Crippen MR) is 69.5 cm³/mol. The summed E-state index contributed by atoms with van der Waals surface area (Å²) in [6, 6.07) is 6.27. The fraction of sp³-hybridized carbons (Fsp3) is 0.250. The molecular weight excluding hydrogens is 266 g/mol. The van der Waals surface area contributed by atoms with Crippen LogP contribution in [-0.4, -0.2) is 10.2 Å². The second-order valence-electron chi connectivity index (χ2n) is 3.86. The summed E-state index contributed by atoms with van der Waals surface area (Å²) in [5.74, 6) is 0. The van der Waals surface area contributed by atoms with Gasteiger partial charge in [-0.1, -0.05) is 6.07 Å². The fourth-order valence-corrected chi connectivity index (χ4v) is 2.14. The fourth-order valence-electron chi connectivity index (χ4n) is 1.51. The Morgan fingerprint density at radius 2 is 2.19 bits per heavy atom. The molecule has 0 aliphatic carbocycles. The predicted octanol–water partition coefficient (Wildman–Crippen LogP) is 3.40. The Labute approximate surface area is 103 Å². The number of benzene rings is 1. The van der Waals surface area contributed by atoms with Gasteiger partial charge in [-0.2, -0.15) is 5.10 Å². The minimum absolute atomic E-state index is 0.782. The molecule has 1 aromatic carbocycles. The highest BCUT2D eigenvalue weighted by atomic mass is 79.9. The molecule has 16 heavy (non-hydrogen) atoms. The summed E-state index contributed by atoms with van der Waals surface area (Å²) in [5, 5.41) is 10.3. The van der Waals surface area contributed by atoms with Gasteiger partial charge in [-0.3, -0.25) is 5.10 Å².